The Labute approximate surface area is 213 Å². The Bertz CT molecular complexity index is 1160. The highest BCUT2D eigenvalue weighted by atomic mass is 79.9. The molecule has 0 atom stereocenters. The van der Waals surface area contributed by atoms with Gasteiger partial charge in [0.2, 0.25) is 0 Å². The summed E-state index contributed by atoms with van der Waals surface area (Å²) < 4.78 is 13.2. The van der Waals surface area contributed by atoms with Crippen LogP contribution in [-0.4, -0.2) is 18.7 Å². The van der Waals surface area contributed by atoms with Crippen molar-refractivity contribution in [3.05, 3.63) is 90.3 Å². The Balaban J connectivity index is 1.74. The van der Waals surface area contributed by atoms with Crippen LogP contribution in [-0.2, 0) is 6.61 Å². The van der Waals surface area contributed by atoms with Crippen molar-refractivity contribution in [2.24, 2.45) is 5.10 Å². The van der Waals surface area contributed by atoms with Crippen molar-refractivity contribution in [1.82, 2.24) is 5.43 Å². The van der Waals surface area contributed by atoms with Crippen molar-refractivity contribution in [2.45, 2.75) is 13.5 Å². The second-order valence-corrected chi connectivity index (χ2v) is 9.10. The fourth-order valence-corrected chi connectivity index (χ4v) is 3.97. The number of carbonyl (C=O) groups excluding carboxylic acids is 1. The van der Waals surface area contributed by atoms with Gasteiger partial charge in [-0.1, -0.05) is 51.3 Å². The zero-order chi connectivity index (χ0) is 23.1. The summed E-state index contributed by atoms with van der Waals surface area (Å²) in [5, 5.41) is 5.15. The van der Waals surface area contributed by atoms with Crippen molar-refractivity contribution in [1.29, 1.82) is 0 Å². The van der Waals surface area contributed by atoms with Gasteiger partial charge in [-0.05, 0) is 65.3 Å². The molecule has 0 fully saturated rings. The standard InChI is InChI=1S/C23H18Br2Cl2N2O3/c1-2-31-21-9-16(12-28-29-23(30)14-4-3-5-17(24)8-14)19(25)11-22(21)32-13-15-6-7-18(26)10-20(15)27/h3-12H,2,13H2,1H3,(H,29,30)/b28-12-. The third-order valence-corrected chi connectivity index (χ3v) is 5.98. The van der Waals surface area contributed by atoms with Gasteiger partial charge in [0, 0.05) is 35.7 Å². The number of nitrogens with zero attached hydrogens (tertiary/aromatic N) is 1. The molecule has 0 aliphatic heterocycles. The normalized spacial score (nSPS) is 10.9. The molecule has 0 aliphatic carbocycles. The van der Waals surface area contributed by atoms with E-state index in [1.807, 2.05) is 19.1 Å². The maximum Gasteiger partial charge on any atom is 0.271 e. The van der Waals surface area contributed by atoms with E-state index in [1.54, 1.807) is 42.5 Å². The second kappa shape index (κ2) is 11.7. The number of hydrazone groups is 1. The van der Waals surface area contributed by atoms with E-state index >= 15 is 0 Å². The summed E-state index contributed by atoms with van der Waals surface area (Å²) in [7, 11) is 0. The predicted molar refractivity (Wildman–Crippen MR) is 135 cm³/mol. The van der Waals surface area contributed by atoms with E-state index in [9.17, 15) is 4.79 Å². The van der Waals surface area contributed by atoms with Crippen LogP contribution in [0.15, 0.2) is 68.6 Å². The highest BCUT2D eigenvalue weighted by Crippen LogP contribution is 2.34. The van der Waals surface area contributed by atoms with Gasteiger partial charge in [-0.3, -0.25) is 4.79 Å². The molecule has 3 rings (SSSR count). The van der Waals surface area contributed by atoms with E-state index in [2.05, 4.69) is 42.4 Å². The number of ether oxygens (including phenoxy) is 2. The molecule has 0 aliphatic rings. The molecular weight excluding hydrogens is 583 g/mol. The first-order valence-corrected chi connectivity index (χ1v) is 11.8. The van der Waals surface area contributed by atoms with Crippen LogP contribution in [0.3, 0.4) is 0 Å². The number of hydrogen-bond acceptors (Lipinski definition) is 4. The Morgan fingerprint density at radius 2 is 1.84 bits per heavy atom. The number of carbonyl (C=O) groups is 1. The highest BCUT2D eigenvalue weighted by molar-refractivity contribution is 9.10. The molecule has 0 saturated heterocycles. The number of halogens is 4. The molecular formula is C23H18Br2Cl2N2O3. The van der Waals surface area contributed by atoms with Gasteiger partial charge in [0.15, 0.2) is 11.5 Å². The van der Waals surface area contributed by atoms with E-state index in [-0.39, 0.29) is 12.5 Å². The molecule has 0 aromatic heterocycles. The van der Waals surface area contributed by atoms with Crippen molar-refractivity contribution < 1.29 is 14.3 Å². The quantitative estimate of drug-likeness (QED) is 0.219. The highest BCUT2D eigenvalue weighted by Gasteiger charge is 2.12. The molecule has 0 unspecified atom stereocenters. The molecule has 3 aromatic carbocycles. The average molecular weight is 601 g/mol. The van der Waals surface area contributed by atoms with Crippen LogP contribution in [0.2, 0.25) is 10.0 Å². The number of benzene rings is 3. The number of nitrogens with one attached hydrogen (secondary N) is 1. The lowest BCUT2D eigenvalue weighted by Gasteiger charge is -2.14. The van der Waals surface area contributed by atoms with E-state index in [4.69, 9.17) is 32.7 Å². The minimum Gasteiger partial charge on any atom is -0.490 e. The van der Waals surface area contributed by atoms with Crippen LogP contribution in [0.25, 0.3) is 0 Å². The third kappa shape index (κ3) is 6.72. The summed E-state index contributed by atoms with van der Waals surface area (Å²) in [4.78, 5) is 12.2. The van der Waals surface area contributed by atoms with Crippen LogP contribution in [0.4, 0.5) is 0 Å². The van der Waals surface area contributed by atoms with Gasteiger partial charge in [-0.25, -0.2) is 5.43 Å². The van der Waals surface area contributed by atoms with Crippen LogP contribution >= 0.6 is 55.1 Å². The predicted octanol–water partition coefficient (Wildman–Crippen LogP) is 7.26. The molecule has 9 heteroatoms. The fraction of sp³-hybridized carbons (Fsp3) is 0.130. The van der Waals surface area contributed by atoms with E-state index in [0.29, 0.717) is 39.3 Å². The minimum atomic E-state index is -0.316. The van der Waals surface area contributed by atoms with E-state index < -0.39 is 0 Å². The SMILES string of the molecule is CCOc1cc(/C=N\NC(=O)c2cccc(Br)c2)c(Br)cc1OCc1ccc(Cl)cc1Cl. The molecule has 3 aromatic rings. The summed E-state index contributed by atoms with van der Waals surface area (Å²) in [6, 6.07) is 15.9. The lowest BCUT2D eigenvalue weighted by Crippen LogP contribution is -2.17. The summed E-state index contributed by atoms with van der Waals surface area (Å²) in [5.74, 6) is 0.768. The smallest absolute Gasteiger partial charge is 0.271 e. The first kappa shape index (κ1) is 24.6. The van der Waals surface area contributed by atoms with Crippen molar-refractivity contribution in [3.63, 3.8) is 0 Å². The first-order valence-electron chi connectivity index (χ1n) is 9.49. The maximum atomic E-state index is 12.2. The first-order chi connectivity index (χ1) is 15.4. The fourth-order valence-electron chi connectivity index (χ4n) is 2.68. The summed E-state index contributed by atoms with van der Waals surface area (Å²) in [6.45, 7) is 2.59. The summed E-state index contributed by atoms with van der Waals surface area (Å²) in [6.07, 6.45) is 1.53. The largest absolute Gasteiger partial charge is 0.490 e. The van der Waals surface area contributed by atoms with Crippen LogP contribution in [0.5, 0.6) is 11.5 Å². The molecule has 0 spiro atoms. The molecule has 0 heterocycles. The van der Waals surface area contributed by atoms with E-state index in [0.717, 1.165) is 14.5 Å². The number of hydrogen-bond donors (Lipinski definition) is 1. The van der Waals surface area contributed by atoms with Gasteiger partial charge in [0.1, 0.15) is 6.61 Å². The average Bonchev–Trinajstić information content (AvgIpc) is 2.75. The zero-order valence-electron chi connectivity index (χ0n) is 16.9. The lowest BCUT2D eigenvalue weighted by atomic mass is 10.2. The van der Waals surface area contributed by atoms with Crippen molar-refractivity contribution >= 4 is 67.2 Å². The monoisotopic (exact) mass is 598 g/mol. The third-order valence-electron chi connectivity index (χ3n) is 4.22. The van der Waals surface area contributed by atoms with Crippen molar-refractivity contribution in [2.75, 3.05) is 6.61 Å². The Kier molecular flexibility index (Phi) is 8.99. The topological polar surface area (TPSA) is 59.9 Å². The number of rotatable bonds is 8. The molecule has 166 valence electrons. The van der Waals surface area contributed by atoms with Crippen LogP contribution in [0, 0.1) is 0 Å². The summed E-state index contributed by atoms with van der Waals surface area (Å²) in [5.41, 5.74) is 4.52. The van der Waals surface area contributed by atoms with Crippen LogP contribution in [0.1, 0.15) is 28.4 Å². The van der Waals surface area contributed by atoms with Gasteiger partial charge in [0.05, 0.1) is 12.8 Å². The Morgan fingerprint density at radius 3 is 2.56 bits per heavy atom. The summed E-state index contributed by atoms with van der Waals surface area (Å²) >= 11 is 19.0. The maximum absolute atomic E-state index is 12.2. The molecule has 0 saturated carbocycles. The second-order valence-electron chi connectivity index (χ2n) is 6.49. The van der Waals surface area contributed by atoms with Gasteiger partial charge >= 0.3 is 0 Å². The molecule has 0 radical (unpaired) electrons. The molecule has 0 bridgehead atoms. The van der Waals surface area contributed by atoms with Crippen molar-refractivity contribution in [3.8, 4) is 11.5 Å². The van der Waals surface area contributed by atoms with Gasteiger partial charge < -0.3 is 9.47 Å². The molecule has 1 N–H and O–H groups in total. The number of amides is 1. The molecule has 1 amide bonds. The van der Waals surface area contributed by atoms with Gasteiger partial charge in [-0.2, -0.15) is 5.10 Å². The van der Waals surface area contributed by atoms with Crippen LogP contribution < -0.4 is 14.9 Å². The van der Waals surface area contributed by atoms with Gasteiger partial charge in [0.25, 0.3) is 5.91 Å². The van der Waals surface area contributed by atoms with E-state index in [1.165, 1.54) is 6.21 Å². The molecule has 32 heavy (non-hydrogen) atoms. The van der Waals surface area contributed by atoms with Gasteiger partial charge in [-0.15, -0.1) is 0 Å². The Morgan fingerprint density at radius 1 is 1.06 bits per heavy atom. The lowest BCUT2D eigenvalue weighted by molar-refractivity contribution is 0.0955. The minimum absolute atomic E-state index is 0.249. The Hall–Kier alpha value is -2.06. The molecule has 5 nitrogen and oxygen atoms in total. The zero-order valence-corrected chi connectivity index (χ0v) is 21.6.